The first-order chi connectivity index (χ1) is 9.02. The molecule has 0 heterocycles. The Morgan fingerprint density at radius 2 is 2.05 bits per heavy atom. The molecule has 0 amide bonds. The molecule has 1 aromatic carbocycles. The monoisotopic (exact) mass is 281 g/mol. The molecule has 0 aliphatic heterocycles. The van der Waals surface area contributed by atoms with Gasteiger partial charge in [0.2, 0.25) is 0 Å². The number of anilines is 1. The van der Waals surface area contributed by atoms with Crippen LogP contribution >= 0.6 is 11.8 Å². The van der Waals surface area contributed by atoms with Crippen molar-refractivity contribution < 1.29 is 9.90 Å². The van der Waals surface area contributed by atoms with Gasteiger partial charge in [0.05, 0.1) is 5.69 Å². The third-order valence-electron chi connectivity index (χ3n) is 2.74. The summed E-state index contributed by atoms with van der Waals surface area (Å²) in [5, 5.41) is 13.3. The molecule has 4 heteroatoms. The van der Waals surface area contributed by atoms with Crippen LogP contribution in [0.25, 0.3) is 0 Å². The number of aromatic hydroxyl groups is 1. The number of para-hydroxylation sites is 2. The van der Waals surface area contributed by atoms with E-state index in [9.17, 15) is 9.90 Å². The SMILES string of the molecule is CCSC(=O)C[C@@H](CC(C)C)Nc1ccccc1O. The van der Waals surface area contributed by atoms with Gasteiger partial charge in [-0.25, -0.2) is 0 Å². The minimum Gasteiger partial charge on any atom is -0.506 e. The normalized spacial score (nSPS) is 12.4. The van der Waals surface area contributed by atoms with Crippen LogP contribution in [0.3, 0.4) is 0 Å². The fourth-order valence-corrected chi connectivity index (χ4v) is 2.64. The lowest BCUT2D eigenvalue weighted by Crippen LogP contribution is -2.24. The minimum atomic E-state index is 0.0693. The molecule has 2 N–H and O–H groups in total. The first kappa shape index (κ1) is 15.9. The summed E-state index contributed by atoms with van der Waals surface area (Å²) in [7, 11) is 0. The van der Waals surface area contributed by atoms with Gasteiger partial charge in [0.15, 0.2) is 5.12 Å². The number of hydrogen-bond donors (Lipinski definition) is 2. The van der Waals surface area contributed by atoms with Crippen LogP contribution in [0.2, 0.25) is 0 Å². The smallest absolute Gasteiger partial charge is 0.190 e. The summed E-state index contributed by atoms with van der Waals surface area (Å²) in [6.45, 7) is 6.25. The van der Waals surface area contributed by atoms with Crippen molar-refractivity contribution in [3.63, 3.8) is 0 Å². The van der Waals surface area contributed by atoms with Crippen molar-refractivity contribution in [2.45, 2.75) is 39.7 Å². The Balaban J connectivity index is 2.69. The fourth-order valence-electron chi connectivity index (χ4n) is 2.00. The van der Waals surface area contributed by atoms with E-state index in [2.05, 4.69) is 19.2 Å². The summed E-state index contributed by atoms with van der Waals surface area (Å²) in [6.07, 6.45) is 1.40. The summed E-state index contributed by atoms with van der Waals surface area (Å²) < 4.78 is 0. The van der Waals surface area contributed by atoms with E-state index in [1.54, 1.807) is 12.1 Å². The molecule has 0 radical (unpaired) electrons. The largest absolute Gasteiger partial charge is 0.506 e. The van der Waals surface area contributed by atoms with E-state index >= 15 is 0 Å². The predicted octanol–water partition coefficient (Wildman–Crippen LogP) is 3.89. The molecule has 106 valence electrons. The number of nitrogens with one attached hydrogen (secondary N) is 1. The quantitative estimate of drug-likeness (QED) is 0.744. The van der Waals surface area contributed by atoms with Crippen molar-refractivity contribution in [2.75, 3.05) is 11.1 Å². The van der Waals surface area contributed by atoms with Crippen LogP contribution in [0.5, 0.6) is 5.75 Å². The summed E-state index contributed by atoms with van der Waals surface area (Å²) in [5.41, 5.74) is 0.697. The van der Waals surface area contributed by atoms with Crippen LogP contribution in [0.1, 0.15) is 33.6 Å². The van der Waals surface area contributed by atoms with Gasteiger partial charge in [-0.15, -0.1) is 0 Å². The van der Waals surface area contributed by atoms with Crippen molar-refractivity contribution in [2.24, 2.45) is 5.92 Å². The Bertz CT molecular complexity index is 407. The van der Waals surface area contributed by atoms with Gasteiger partial charge in [-0.05, 0) is 30.2 Å². The number of phenols is 1. The predicted molar refractivity (Wildman–Crippen MR) is 82.7 cm³/mol. The molecule has 0 unspecified atom stereocenters. The van der Waals surface area contributed by atoms with E-state index in [0.717, 1.165) is 12.2 Å². The number of benzene rings is 1. The van der Waals surface area contributed by atoms with Crippen LogP contribution in [-0.4, -0.2) is 22.0 Å². The second kappa shape index (κ2) is 8.10. The highest BCUT2D eigenvalue weighted by atomic mass is 32.2. The summed E-state index contributed by atoms with van der Waals surface area (Å²) in [6, 6.07) is 7.21. The first-order valence-electron chi connectivity index (χ1n) is 6.73. The highest BCUT2D eigenvalue weighted by molar-refractivity contribution is 8.13. The van der Waals surface area contributed by atoms with Crippen molar-refractivity contribution in [3.8, 4) is 5.75 Å². The molecule has 1 rings (SSSR count). The highest BCUT2D eigenvalue weighted by Crippen LogP contribution is 2.25. The third-order valence-corrected chi connectivity index (χ3v) is 3.52. The summed E-state index contributed by atoms with van der Waals surface area (Å²) >= 11 is 1.36. The molecule has 0 aliphatic carbocycles. The van der Waals surface area contributed by atoms with E-state index in [4.69, 9.17) is 0 Å². The van der Waals surface area contributed by atoms with Crippen molar-refractivity contribution in [1.82, 2.24) is 0 Å². The second-order valence-corrected chi connectivity index (χ2v) is 6.32. The number of hydrogen-bond acceptors (Lipinski definition) is 4. The maximum atomic E-state index is 11.8. The maximum absolute atomic E-state index is 11.8. The number of carbonyl (C=O) groups is 1. The lowest BCUT2D eigenvalue weighted by atomic mass is 10.0. The molecule has 0 spiro atoms. The van der Waals surface area contributed by atoms with E-state index in [-0.39, 0.29) is 16.9 Å². The molecule has 0 saturated heterocycles. The van der Waals surface area contributed by atoms with E-state index < -0.39 is 0 Å². The number of rotatable bonds is 7. The van der Waals surface area contributed by atoms with Crippen LogP contribution in [-0.2, 0) is 4.79 Å². The molecule has 0 aromatic heterocycles. The van der Waals surface area contributed by atoms with Gasteiger partial charge in [0.25, 0.3) is 0 Å². The molecule has 19 heavy (non-hydrogen) atoms. The minimum absolute atomic E-state index is 0.0693. The number of carbonyl (C=O) groups excluding carboxylic acids is 1. The fraction of sp³-hybridized carbons (Fsp3) is 0.533. The zero-order chi connectivity index (χ0) is 14.3. The van der Waals surface area contributed by atoms with Gasteiger partial charge in [-0.1, -0.05) is 44.7 Å². The molecular weight excluding hydrogens is 258 g/mol. The van der Waals surface area contributed by atoms with Gasteiger partial charge in [-0.2, -0.15) is 0 Å². The van der Waals surface area contributed by atoms with E-state index in [1.165, 1.54) is 11.8 Å². The molecule has 0 aliphatic rings. The molecule has 0 bridgehead atoms. The average molecular weight is 281 g/mol. The van der Waals surface area contributed by atoms with Crippen LogP contribution in [0.4, 0.5) is 5.69 Å². The Morgan fingerprint density at radius 3 is 2.63 bits per heavy atom. The van der Waals surface area contributed by atoms with Crippen molar-refractivity contribution in [3.05, 3.63) is 24.3 Å². The Hall–Kier alpha value is -1.16. The molecule has 0 fully saturated rings. The lowest BCUT2D eigenvalue weighted by Gasteiger charge is -2.21. The van der Waals surface area contributed by atoms with Gasteiger partial charge in [0, 0.05) is 12.5 Å². The molecule has 3 nitrogen and oxygen atoms in total. The first-order valence-corrected chi connectivity index (χ1v) is 7.71. The zero-order valence-electron chi connectivity index (χ0n) is 11.8. The summed E-state index contributed by atoms with van der Waals surface area (Å²) in [4.78, 5) is 11.8. The van der Waals surface area contributed by atoms with Crippen LogP contribution in [0.15, 0.2) is 24.3 Å². The Labute approximate surface area is 119 Å². The van der Waals surface area contributed by atoms with Crippen LogP contribution < -0.4 is 5.32 Å². The van der Waals surface area contributed by atoms with E-state index in [0.29, 0.717) is 18.0 Å². The number of phenolic OH excluding ortho intramolecular Hbond substituents is 1. The molecule has 1 aromatic rings. The number of thioether (sulfide) groups is 1. The van der Waals surface area contributed by atoms with Crippen LogP contribution in [0, 0.1) is 5.92 Å². The highest BCUT2D eigenvalue weighted by Gasteiger charge is 2.16. The standard InChI is InChI=1S/C15H23NO2S/c1-4-19-15(18)10-12(9-11(2)3)16-13-7-5-6-8-14(13)17/h5-8,11-12,16-17H,4,9-10H2,1-3H3/t12-/m1/s1. The summed E-state index contributed by atoms with van der Waals surface area (Å²) in [5.74, 6) is 1.54. The average Bonchev–Trinajstić information content (AvgIpc) is 2.31. The van der Waals surface area contributed by atoms with Gasteiger partial charge in [0.1, 0.15) is 5.75 Å². The Morgan fingerprint density at radius 1 is 1.37 bits per heavy atom. The van der Waals surface area contributed by atoms with Crippen molar-refractivity contribution in [1.29, 1.82) is 0 Å². The Kier molecular flexibility index (Phi) is 6.78. The van der Waals surface area contributed by atoms with Crippen molar-refractivity contribution >= 4 is 22.6 Å². The maximum Gasteiger partial charge on any atom is 0.190 e. The molecular formula is C15H23NO2S. The lowest BCUT2D eigenvalue weighted by molar-refractivity contribution is -0.111. The zero-order valence-corrected chi connectivity index (χ0v) is 12.7. The molecule has 1 atom stereocenters. The third kappa shape index (κ3) is 6.01. The molecule has 0 saturated carbocycles. The van der Waals surface area contributed by atoms with Gasteiger partial charge < -0.3 is 10.4 Å². The van der Waals surface area contributed by atoms with E-state index in [1.807, 2.05) is 19.1 Å². The van der Waals surface area contributed by atoms with Gasteiger partial charge in [-0.3, -0.25) is 4.79 Å². The second-order valence-electron chi connectivity index (χ2n) is 5.00. The van der Waals surface area contributed by atoms with Gasteiger partial charge >= 0.3 is 0 Å². The topological polar surface area (TPSA) is 49.3 Å².